The number of carbonyl (C=O) groups is 3. The molecule has 0 saturated heterocycles. The molecule has 0 aliphatic rings. The first-order valence-electron chi connectivity index (χ1n) is 5.67. The highest BCUT2D eigenvalue weighted by molar-refractivity contribution is 7.90. The molecule has 1 unspecified atom stereocenters. The summed E-state index contributed by atoms with van der Waals surface area (Å²) < 4.78 is 67.6. The quantitative estimate of drug-likeness (QED) is 0.485. The maximum atomic E-state index is 12.1. The molecule has 0 aromatic carbocycles. The van der Waals surface area contributed by atoms with Gasteiger partial charge in [-0.1, -0.05) is 13.2 Å². The summed E-state index contributed by atoms with van der Waals surface area (Å²) in [6, 6.07) is 0. The van der Waals surface area contributed by atoms with Gasteiger partial charge in [0.1, 0.15) is 12.7 Å². The molecule has 0 aromatic rings. The Morgan fingerprint density at radius 3 is 2.09 bits per heavy atom. The minimum Gasteiger partial charge on any atom is -0.459 e. The van der Waals surface area contributed by atoms with Crippen LogP contribution in [0.1, 0.15) is 6.42 Å². The summed E-state index contributed by atoms with van der Waals surface area (Å²) in [5.41, 5.74) is -5.69. The first-order valence-corrected chi connectivity index (χ1v) is 7.15. The van der Waals surface area contributed by atoms with E-state index in [1.54, 1.807) is 0 Å². The van der Waals surface area contributed by atoms with E-state index in [1.807, 2.05) is 0 Å². The molecule has 12 heteroatoms. The van der Waals surface area contributed by atoms with Crippen molar-refractivity contribution < 1.29 is 45.4 Å². The number of carbonyl (C=O) groups excluding carboxylic acids is 3. The summed E-state index contributed by atoms with van der Waals surface area (Å²) >= 11 is 0. The van der Waals surface area contributed by atoms with Crippen LogP contribution >= 0.6 is 0 Å². The molecule has 1 N–H and O–H groups in total. The molecule has 0 bridgehead atoms. The molecule has 0 spiro atoms. The van der Waals surface area contributed by atoms with Gasteiger partial charge in [0, 0.05) is 12.2 Å². The Kier molecular flexibility index (Phi) is 7.46. The number of nitrogens with one attached hydrogen (secondary N) is 1. The van der Waals surface area contributed by atoms with Gasteiger partial charge < -0.3 is 9.47 Å². The Morgan fingerprint density at radius 2 is 1.65 bits per heavy atom. The number of hydrogen-bond donors (Lipinski definition) is 1. The first-order chi connectivity index (χ1) is 10.4. The second-order valence-corrected chi connectivity index (χ2v) is 5.45. The number of amides is 1. The fourth-order valence-corrected chi connectivity index (χ4v) is 1.54. The Balaban J connectivity index is 4.89. The van der Waals surface area contributed by atoms with Gasteiger partial charge in [-0.25, -0.2) is 14.3 Å². The Bertz CT molecular complexity index is 597. The lowest BCUT2D eigenvalue weighted by Gasteiger charge is -2.17. The first kappa shape index (κ1) is 20.6. The highest BCUT2D eigenvalue weighted by Gasteiger charge is 2.47. The predicted molar refractivity (Wildman–Crippen MR) is 69.0 cm³/mol. The van der Waals surface area contributed by atoms with Crippen LogP contribution in [-0.2, 0) is 33.9 Å². The average molecular weight is 359 g/mol. The topological polar surface area (TPSA) is 116 Å². The van der Waals surface area contributed by atoms with Crippen molar-refractivity contribution >= 4 is 27.9 Å². The van der Waals surface area contributed by atoms with E-state index in [1.165, 1.54) is 0 Å². The molecule has 8 nitrogen and oxygen atoms in total. The number of esters is 2. The van der Waals surface area contributed by atoms with Crippen LogP contribution in [0.2, 0.25) is 0 Å². The second-order valence-electron chi connectivity index (χ2n) is 3.78. The number of halogens is 3. The third-order valence-corrected chi connectivity index (χ3v) is 3.10. The Labute approximate surface area is 129 Å². The smallest absolute Gasteiger partial charge is 0.459 e. The monoisotopic (exact) mass is 359 g/mol. The fourth-order valence-electron chi connectivity index (χ4n) is 1.04. The van der Waals surface area contributed by atoms with Crippen molar-refractivity contribution in [2.45, 2.75) is 18.0 Å². The van der Waals surface area contributed by atoms with Gasteiger partial charge in [-0.15, -0.1) is 0 Å². The summed E-state index contributed by atoms with van der Waals surface area (Å²) in [7, 11) is -5.90. The SMILES string of the molecule is C=CC(=O)OCC(CC(=O)NS(=O)(=O)C(F)(F)F)OC(=O)C=C. The molecule has 0 aliphatic heterocycles. The number of rotatable bonds is 8. The molecule has 0 rings (SSSR count). The molecule has 0 heterocycles. The van der Waals surface area contributed by atoms with Crippen molar-refractivity contribution in [2.75, 3.05) is 6.61 Å². The summed E-state index contributed by atoms with van der Waals surface area (Å²) in [5.74, 6) is -3.62. The molecule has 1 atom stereocenters. The van der Waals surface area contributed by atoms with Crippen LogP contribution in [0.4, 0.5) is 13.2 Å². The lowest BCUT2D eigenvalue weighted by Crippen LogP contribution is -2.42. The van der Waals surface area contributed by atoms with Gasteiger partial charge in [-0.2, -0.15) is 21.6 Å². The summed E-state index contributed by atoms with van der Waals surface area (Å²) in [5, 5.41) is 0. The third-order valence-electron chi connectivity index (χ3n) is 1.99. The average Bonchev–Trinajstić information content (AvgIpc) is 2.42. The molecule has 130 valence electrons. The Hall–Kier alpha value is -2.37. The van der Waals surface area contributed by atoms with Crippen LogP contribution in [0.3, 0.4) is 0 Å². The fraction of sp³-hybridized carbons (Fsp3) is 0.364. The summed E-state index contributed by atoms with van der Waals surface area (Å²) in [4.78, 5) is 33.2. The van der Waals surface area contributed by atoms with Crippen molar-refractivity contribution in [1.29, 1.82) is 0 Å². The van der Waals surface area contributed by atoms with Crippen LogP contribution in [0.25, 0.3) is 0 Å². The molecular formula is C11H12F3NO7S. The zero-order valence-electron chi connectivity index (χ0n) is 11.5. The lowest BCUT2D eigenvalue weighted by molar-refractivity contribution is -0.154. The normalized spacial score (nSPS) is 12.7. The van der Waals surface area contributed by atoms with Gasteiger partial charge in [0.25, 0.3) is 0 Å². The van der Waals surface area contributed by atoms with Gasteiger partial charge in [-0.3, -0.25) is 4.79 Å². The molecule has 23 heavy (non-hydrogen) atoms. The zero-order chi connectivity index (χ0) is 18.3. The van der Waals surface area contributed by atoms with E-state index < -0.39 is 52.5 Å². The molecule has 0 radical (unpaired) electrons. The van der Waals surface area contributed by atoms with Crippen LogP contribution in [-0.4, -0.2) is 44.5 Å². The predicted octanol–water partition coefficient (Wildman–Crippen LogP) is 0.169. The van der Waals surface area contributed by atoms with Crippen LogP contribution in [0.15, 0.2) is 25.3 Å². The minimum absolute atomic E-state index is 0.687. The van der Waals surface area contributed by atoms with Crippen molar-refractivity contribution in [3.05, 3.63) is 25.3 Å². The third kappa shape index (κ3) is 7.44. The van der Waals surface area contributed by atoms with Gasteiger partial charge in [-0.05, 0) is 0 Å². The maximum absolute atomic E-state index is 12.1. The molecule has 0 aromatic heterocycles. The largest absolute Gasteiger partial charge is 0.516 e. The molecular weight excluding hydrogens is 347 g/mol. The van der Waals surface area contributed by atoms with E-state index in [4.69, 9.17) is 0 Å². The number of hydrogen-bond acceptors (Lipinski definition) is 7. The van der Waals surface area contributed by atoms with E-state index >= 15 is 0 Å². The molecule has 0 saturated carbocycles. The van der Waals surface area contributed by atoms with Crippen molar-refractivity contribution in [2.24, 2.45) is 0 Å². The van der Waals surface area contributed by atoms with Crippen molar-refractivity contribution in [1.82, 2.24) is 4.72 Å². The van der Waals surface area contributed by atoms with Gasteiger partial charge in [0.05, 0.1) is 6.42 Å². The molecule has 0 aliphatic carbocycles. The number of ether oxygens (including phenoxy) is 2. The highest BCUT2D eigenvalue weighted by Crippen LogP contribution is 2.21. The second kappa shape index (κ2) is 8.31. The highest BCUT2D eigenvalue weighted by atomic mass is 32.2. The van der Waals surface area contributed by atoms with Crippen LogP contribution < -0.4 is 4.72 Å². The van der Waals surface area contributed by atoms with Crippen molar-refractivity contribution in [3.8, 4) is 0 Å². The number of sulfonamides is 1. The van der Waals surface area contributed by atoms with E-state index in [2.05, 4.69) is 22.6 Å². The van der Waals surface area contributed by atoms with E-state index in [9.17, 15) is 36.0 Å². The lowest BCUT2D eigenvalue weighted by atomic mass is 10.2. The van der Waals surface area contributed by atoms with E-state index in [0.29, 0.717) is 6.08 Å². The van der Waals surface area contributed by atoms with Crippen LogP contribution in [0.5, 0.6) is 0 Å². The van der Waals surface area contributed by atoms with Gasteiger partial charge in [0.2, 0.25) is 5.91 Å². The molecule has 0 fully saturated rings. The van der Waals surface area contributed by atoms with Crippen LogP contribution in [0, 0.1) is 0 Å². The Morgan fingerprint density at radius 1 is 1.13 bits per heavy atom. The maximum Gasteiger partial charge on any atom is 0.516 e. The van der Waals surface area contributed by atoms with Gasteiger partial charge >= 0.3 is 27.5 Å². The molecule has 1 amide bonds. The number of alkyl halides is 3. The van der Waals surface area contributed by atoms with Crippen molar-refractivity contribution in [3.63, 3.8) is 0 Å². The minimum atomic E-state index is -5.90. The standard InChI is InChI=1S/C11H12F3NO7S/c1-3-9(17)21-6-7(22-10(18)4-2)5-8(16)15-23(19,20)11(12,13)14/h3-4,7H,1-2,5-6H2,(H,15,16). The van der Waals surface area contributed by atoms with E-state index in [0.717, 1.165) is 10.8 Å². The summed E-state index contributed by atoms with van der Waals surface area (Å²) in [6.07, 6.45) is -1.08. The zero-order valence-corrected chi connectivity index (χ0v) is 12.3. The summed E-state index contributed by atoms with van der Waals surface area (Å²) in [6.45, 7) is 5.42. The van der Waals surface area contributed by atoms with E-state index in [-0.39, 0.29) is 0 Å². The van der Waals surface area contributed by atoms with Gasteiger partial charge in [0.15, 0.2) is 0 Å².